The van der Waals surface area contributed by atoms with E-state index in [1.165, 1.54) is 19.3 Å². The van der Waals surface area contributed by atoms with E-state index in [9.17, 15) is 0 Å². The molecule has 2 aliphatic heterocycles. The lowest BCUT2D eigenvalue weighted by Gasteiger charge is -2.38. The van der Waals surface area contributed by atoms with Gasteiger partial charge in [-0.3, -0.25) is 4.40 Å². The zero-order valence-electron chi connectivity index (χ0n) is 16.3. The normalized spacial score (nSPS) is 18.9. The second-order valence-electron chi connectivity index (χ2n) is 8.24. The summed E-state index contributed by atoms with van der Waals surface area (Å²) in [5.74, 6) is 1.04. The Morgan fingerprint density at radius 1 is 1.03 bits per heavy atom. The van der Waals surface area contributed by atoms with Gasteiger partial charge >= 0.3 is 0 Å². The second-order valence-corrected chi connectivity index (χ2v) is 10.1. The summed E-state index contributed by atoms with van der Waals surface area (Å²) >= 11 is 14.2. The topological polar surface area (TPSA) is 42.7 Å². The molecule has 30 heavy (non-hydrogen) atoms. The number of imidazole rings is 2. The van der Waals surface area contributed by atoms with Gasteiger partial charge in [0.15, 0.2) is 11.5 Å². The minimum atomic E-state index is 0.384. The summed E-state index contributed by atoms with van der Waals surface area (Å²) in [6, 6.07) is 9.82. The molecule has 0 saturated carbocycles. The van der Waals surface area contributed by atoms with Crippen LogP contribution in [-0.4, -0.2) is 40.7 Å². The molecule has 0 radical (unpaired) electrons. The van der Waals surface area contributed by atoms with Gasteiger partial charge in [0.2, 0.25) is 0 Å². The molecule has 0 unspecified atom stereocenters. The second kappa shape index (κ2) is 7.16. The van der Waals surface area contributed by atoms with E-state index in [2.05, 4.69) is 21.4 Å². The molecule has 8 heteroatoms. The van der Waals surface area contributed by atoms with Gasteiger partial charge in [0.1, 0.15) is 11.2 Å². The minimum Gasteiger partial charge on any atom is -0.381 e. The van der Waals surface area contributed by atoms with Crippen LogP contribution < -0.4 is 4.90 Å². The molecule has 154 valence electrons. The molecule has 0 atom stereocenters. The number of pyridine rings is 1. The number of anilines is 1. The Labute approximate surface area is 188 Å². The van der Waals surface area contributed by atoms with Crippen molar-refractivity contribution in [2.75, 3.05) is 31.2 Å². The molecule has 4 aromatic rings. The number of aromatic nitrogens is 3. The number of nitrogens with zero attached hydrogens (tertiary/aromatic N) is 4. The van der Waals surface area contributed by atoms with Gasteiger partial charge in [0.25, 0.3) is 0 Å². The molecule has 2 saturated heterocycles. The van der Waals surface area contributed by atoms with E-state index in [-0.39, 0.29) is 0 Å². The highest BCUT2D eigenvalue weighted by molar-refractivity contribution is 7.99. The molecule has 0 aliphatic carbocycles. The van der Waals surface area contributed by atoms with Gasteiger partial charge in [-0.2, -0.15) is 0 Å². The molecular weight excluding hydrogens is 439 g/mol. The van der Waals surface area contributed by atoms with E-state index in [0.29, 0.717) is 15.5 Å². The lowest BCUT2D eigenvalue weighted by molar-refractivity contribution is 0.133. The number of hydrogen-bond acceptors (Lipinski definition) is 5. The van der Waals surface area contributed by atoms with Crippen molar-refractivity contribution < 1.29 is 4.74 Å². The van der Waals surface area contributed by atoms with Crippen LogP contribution in [0.4, 0.5) is 5.82 Å². The lowest BCUT2D eigenvalue weighted by atomic mass is 9.78. The van der Waals surface area contributed by atoms with Crippen molar-refractivity contribution in [3.63, 3.8) is 0 Å². The summed E-state index contributed by atoms with van der Waals surface area (Å²) in [6.45, 7) is 3.86. The third kappa shape index (κ3) is 2.96. The van der Waals surface area contributed by atoms with Crippen LogP contribution >= 0.6 is 35.0 Å². The average Bonchev–Trinajstić information content (AvgIpc) is 3.48. The van der Waals surface area contributed by atoms with Gasteiger partial charge < -0.3 is 9.64 Å². The summed E-state index contributed by atoms with van der Waals surface area (Å²) < 4.78 is 7.83. The van der Waals surface area contributed by atoms with Crippen LogP contribution in [0.3, 0.4) is 0 Å². The number of piperidine rings is 1. The highest BCUT2D eigenvalue weighted by Gasteiger charge is 2.38. The summed E-state index contributed by atoms with van der Waals surface area (Å²) in [4.78, 5) is 14.1. The third-order valence-electron chi connectivity index (χ3n) is 6.49. The van der Waals surface area contributed by atoms with Crippen LogP contribution in [0, 0.1) is 5.41 Å². The predicted molar refractivity (Wildman–Crippen MR) is 122 cm³/mol. The molecule has 3 aromatic heterocycles. The Balaban J connectivity index is 1.34. The Bertz CT molecular complexity index is 1230. The number of halogens is 2. The Hall–Kier alpha value is -1.73. The highest BCUT2D eigenvalue weighted by atomic mass is 35.5. The zero-order chi connectivity index (χ0) is 20.3. The molecule has 2 aliphatic rings. The van der Waals surface area contributed by atoms with E-state index in [1.54, 1.807) is 17.8 Å². The van der Waals surface area contributed by atoms with Crippen molar-refractivity contribution in [1.82, 2.24) is 14.4 Å². The molecular formula is C22H20Cl2N4OS. The quantitative estimate of drug-likeness (QED) is 0.388. The third-order valence-corrected chi connectivity index (χ3v) is 8.52. The van der Waals surface area contributed by atoms with Crippen LogP contribution in [-0.2, 0) is 4.74 Å². The molecule has 0 amide bonds. The van der Waals surface area contributed by atoms with E-state index in [4.69, 9.17) is 37.9 Å². The van der Waals surface area contributed by atoms with Gasteiger partial charge in [0, 0.05) is 24.6 Å². The molecule has 0 bridgehead atoms. The minimum absolute atomic E-state index is 0.384. The average molecular weight is 459 g/mol. The van der Waals surface area contributed by atoms with Crippen LogP contribution in [0.25, 0.3) is 16.8 Å². The zero-order valence-corrected chi connectivity index (χ0v) is 18.6. The van der Waals surface area contributed by atoms with Crippen LogP contribution in [0.1, 0.15) is 19.3 Å². The SMILES string of the molecule is Clc1cccc(Sc2ccc3nc(N4CCC5(CCOC5)CC4)c4cnc2n34)c1Cl. The van der Waals surface area contributed by atoms with Gasteiger partial charge in [0.05, 0.1) is 27.7 Å². The predicted octanol–water partition coefficient (Wildman–Crippen LogP) is 5.79. The van der Waals surface area contributed by atoms with Crippen molar-refractivity contribution in [1.29, 1.82) is 0 Å². The maximum atomic E-state index is 6.40. The fourth-order valence-electron chi connectivity index (χ4n) is 4.70. The first-order valence-corrected chi connectivity index (χ1v) is 11.7. The molecule has 1 spiro atoms. The number of benzene rings is 1. The van der Waals surface area contributed by atoms with Crippen molar-refractivity contribution in [3.8, 4) is 0 Å². The first-order chi connectivity index (χ1) is 14.6. The van der Waals surface area contributed by atoms with Gasteiger partial charge in [-0.25, -0.2) is 9.97 Å². The van der Waals surface area contributed by atoms with E-state index < -0.39 is 0 Å². The molecule has 0 N–H and O–H groups in total. The van der Waals surface area contributed by atoms with Crippen molar-refractivity contribution in [3.05, 3.63) is 46.6 Å². The summed E-state index contributed by atoms with van der Waals surface area (Å²) in [5, 5.41) is 1.13. The standard InChI is InChI=1S/C22H20Cl2N4OS/c23-14-2-1-3-16(19(14)24)30-17-4-5-18-26-20(15-12-25-21(17)28(15)18)27-9-6-22(7-10-27)8-11-29-13-22/h1-5,12H,6-11,13H2. The number of rotatable bonds is 3. The molecule has 5 heterocycles. The first kappa shape index (κ1) is 19.0. The fourth-order valence-corrected chi connectivity index (χ4v) is 6.12. The molecule has 2 fully saturated rings. The number of ether oxygens (including phenoxy) is 1. The van der Waals surface area contributed by atoms with Crippen LogP contribution in [0.15, 0.2) is 46.3 Å². The maximum Gasteiger partial charge on any atom is 0.157 e. The summed E-state index contributed by atoms with van der Waals surface area (Å²) in [6.07, 6.45) is 5.46. The van der Waals surface area contributed by atoms with Gasteiger partial charge in [-0.15, -0.1) is 0 Å². The Morgan fingerprint density at radius 3 is 2.70 bits per heavy atom. The van der Waals surface area contributed by atoms with E-state index in [0.717, 1.165) is 58.7 Å². The molecule has 1 aromatic carbocycles. The largest absolute Gasteiger partial charge is 0.381 e. The molecule has 6 rings (SSSR count). The Kier molecular flexibility index (Phi) is 4.53. The van der Waals surface area contributed by atoms with Crippen LogP contribution in [0.5, 0.6) is 0 Å². The van der Waals surface area contributed by atoms with Crippen LogP contribution in [0.2, 0.25) is 10.0 Å². The summed E-state index contributed by atoms with van der Waals surface area (Å²) in [5.41, 5.74) is 3.28. The maximum absolute atomic E-state index is 6.40. The Morgan fingerprint density at radius 2 is 1.90 bits per heavy atom. The van der Waals surface area contributed by atoms with Gasteiger partial charge in [-0.05, 0) is 48.9 Å². The van der Waals surface area contributed by atoms with Crippen molar-refractivity contribution >= 4 is 57.6 Å². The van der Waals surface area contributed by atoms with Crippen molar-refractivity contribution in [2.24, 2.45) is 5.41 Å². The number of hydrogen-bond donors (Lipinski definition) is 0. The van der Waals surface area contributed by atoms with E-state index in [1.807, 2.05) is 18.3 Å². The first-order valence-electron chi connectivity index (χ1n) is 10.2. The highest BCUT2D eigenvalue weighted by Crippen LogP contribution is 2.42. The van der Waals surface area contributed by atoms with Crippen molar-refractivity contribution in [2.45, 2.75) is 29.1 Å². The smallest absolute Gasteiger partial charge is 0.157 e. The van der Waals surface area contributed by atoms with Gasteiger partial charge in [-0.1, -0.05) is 41.0 Å². The monoisotopic (exact) mass is 458 g/mol. The fraction of sp³-hybridized carbons (Fsp3) is 0.364. The lowest BCUT2D eigenvalue weighted by Crippen LogP contribution is -2.40. The van der Waals surface area contributed by atoms with E-state index >= 15 is 0 Å². The molecule has 5 nitrogen and oxygen atoms in total. The summed E-state index contributed by atoms with van der Waals surface area (Å²) in [7, 11) is 0.